The van der Waals surface area contributed by atoms with Crippen molar-refractivity contribution in [2.24, 2.45) is 4.99 Å². The van der Waals surface area contributed by atoms with Crippen molar-refractivity contribution in [3.8, 4) is 0 Å². The summed E-state index contributed by atoms with van der Waals surface area (Å²) in [5.74, 6) is 0.543. The summed E-state index contributed by atoms with van der Waals surface area (Å²) in [6, 6.07) is 6.88. The van der Waals surface area contributed by atoms with Gasteiger partial charge in [0, 0.05) is 37.3 Å². The van der Waals surface area contributed by atoms with Crippen LogP contribution in [0, 0.1) is 12.7 Å². The van der Waals surface area contributed by atoms with Crippen LogP contribution in [-0.2, 0) is 11.3 Å². The molecule has 0 aliphatic carbocycles. The largest absolute Gasteiger partial charge is 0.379 e. The molecule has 1 aliphatic heterocycles. The van der Waals surface area contributed by atoms with E-state index >= 15 is 0 Å². The van der Waals surface area contributed by atoms with Gasteiger partial charge in [0.2, 0.25) is 0 Å². The van der Waals surface area contributed by atoms with E-state index in [1.54, 1.807) is 11.3 Å². The van der Waals surface area contributed by atoms with Crippen LogP contribution in [0.15, 0.2) is 35.5 Å². The van der Waals surface area contributed by atoms with Gasteiger partial charge in [-0.3, -0.25) is 4.90 Å². The number of guanidine groups is 1. The molecular formula is C20H29FIN5OS. The van der Waals surface area contributed by atoms with Crippen LogP contribution in [0.5, 0.6) is 0 Å². The number of halogens is 2. The molecule has 1 aromatic carbocycles. The summed E-state index contributed by atoms with van der Waals surface area (Å²) >= 11 is 1.66. The average Bonchev–Trinajstić information content (AvgIpc) is 3.13. The highest BCUT2D eigenvalue weighted by Gasteiger charge is 2.23. The molecule has 2 heterocycles. The summed E-state index contributed by atoms with van der Waals surface area (Å²) in [6.07, 6.45) is 1.87. The number of nitrogens with one attached hydrogen (secondary N) is 2. The quantitative estimate of drug-likeness (QED) is 0.325. The topological polar surface area (TPSA) is 61.8 Å². The van der Waals surface area contributed by atoms with Gasteiger partial charge in [-0.15, -0.1) is 35.3 Å². The number of aromatic nitrogens is 1. The third-order valence-electron chi connectivity index (χ3n) is 4.59. The average molecular weight is 533 g/mol. The second-order valence-electron chi connectivity index (χ2n) is 6.66. The molecule has 1 saturated heterocycles. The van der Waals surface area contributed by atoms with E-state index in [4.69, 9.17) is 4.74 Å². The number of aryl methyl sites for hydroxylation is 1. The molecular weight excluding hydrogens is 504 g/mol. The van der Waals surface area contributed by atoms with Gasteiger partial charge in [0.15, 0.2) is 5.96 Å². The summed E-state index contributed by atoms with van der Waals surface area (Å²) in [4.78, 5) is 12.6. The van der Waals surface area contributed by atoms with E-state index in [0.29, 0.717) is 13.1 Å². The Bertz CT molecular complexity index is 764. The summed E-state index contributed by atoms with van der Waals surface area (Å²) in [5, 5.41) is 7.74. The van der Waals surface area contributed by atoms with E-state index in [9.17, 15) is 4.39 Å². The Balaban J connectivity index is 0.00000300. The molecule has 3 rings (SSSR count). The molecule has 160 valence electrons. The van der Waals surface area contributed by atoms with Crippen LogP contribution in [0.1, 0.15) is 28.4 Å². The lowest BCUT2D eigenvalue weighted by Crippen LogP contribution is -2.46. The number of rotatable bonds is 7. The molecule has 9 heteroatoms. The molecule has 1 unspecified atom stereocenters. The molecule has 2 aromatic rings. The van der Waals surface area contributed by atoms with Gasteiger partial charge < -0.3 is 15.4 Å². The van der Waals surface area contributed by atoms with Crippen molar-refractivity contribution in [2.45, 2.75) is 26.4 Å². The lowest BCUT2D eigenvalue weighted by atomic mass is 10.0. The van der Waals surface area contributed by atoms with Gasteiger partial charge in [0.25, 0.3) is 0 Å². The number of thiazole rings is 1. The molecule has 29 heavy (non-hydrogen) atoms. The molecule has 0 amide bonds. The predicted molar refractivity (Wildman–Crippen MR) is 127 cm³/mol. The van der Waals surface area contributed by atoms with Crippen molar-refractivity contribution in [2.75, 3.05) is 39.4 Å². The Morgan fingerprint density at radius 3 is 2.62 bits per heavy atom. The second-order valence-corrected chi connectivity index (χ2v) is 7.98. The highest BCUT2D eigenvalue weighted by Crippen LogP contribution is 2.21. The standard InChI is InChI=1S/C20H28FN5OS.HI/c1-3-22-20(25-14-19-23-12-15(2)28-19)24-13-18(26-8-10-27-11-9-26)16-4-6-17(21)7-5-16;/h4-7,12,18H,3,8-11,13-14H2,1-2H3,(H2,22,24,25);1H. The lowest BCUT2D eigenvalue weighted by molar-refractivity contribution is 0.0170. The molecule has 0 bridgehead atoms. The first kappa shape index (κ1) is 24.0. The number of morpholine rings is 1. The van der Waals surface area contributed by atoms with Crippen LogP contribution in [0.2, 0.25) is 0 Å². The van der Waals surface area contributed by atoms with Crippen molar-refractivity contribution >= 4 is 41.3 Å². The maximum Gasteiger partial charge on any atom is 0.191 e. The fourth-order valence-electron chi connectivity index (χ4n) is 3.19. The fraction of sp³-hybridized carbons (Fsp3) is 0.500. The Labute approximate surface area is 193 Å². The number of benzene rings is 1. The van der Waals surface area contributed by atoms with Crippen LogP contribution < -0.4 is 10.6 Å². The molecule has 6 nitrogen and oxygen atoms in total. The minimum atomic E-state index is -0.217. The third-order valence-corrected chi connectivity index (χ3v) is 5.49. The minimum absolute atomic E-state index is 0. The van der Waals surface area contributed by atoms with Crippen molar-refractivity contribution in [1.29, 1.82) is 0 Å². The molecule has 0 radical (unpaired) electrons. The van der Waals surface area contributed by atoms with Gasteiger partial charge in [0.05, 0.1) is 25.8 Å². The lowest BCUT2D eigenvalue weighted by Gasteiger charge is -2.35. The molecule has 1 atom stereocenters. The SMILES string of the molecule is CCNC(=NCc1ncc(C)s1)NCC(c1ccc(F)cc1)N1CCOCC1.I. The van der Waals surface area contributed by atoms with E-state index in [2.05, 4.69) is 25.5 Å². The summed E-state index contributed by atoms with van der Waals surface area (Å²) in [5.41, 5.74) is 1.09. The molecule has 1 aliphatic rings. The first-order valence-electron chi connectivity index (χ1n) is 9.66. The second kappa shape index (κ2) is 12.4. The Kier molecular flexibility index (Phi) is 10.3. The van der Waals surface area contributed by atoms with Crippen molar-refractivity contribution < 1.29 is 9.13 Å². The minimum Gasteiger partial charge on any atom is -0.379 e. The highest BCUT2D eigenvalue weighted by atomic mass is 127. The van der Waals surface area contributed by atoms with Gasteiger partial charge in [-0.25, -0.2) is 14.4 Å². The number of aliphatic imine (C=N–C) groups is 1. The van der Waals surface area contributed by atoms with Crippen LogP contribution in [0.4, 0.5) is 4.39 Å². The predicted octanol–water partition coefficient (Wildman–Crippen LogP) is 3.34. The molecule has 1 aromatic heterocycles. The summed E-state index contributed by atoms with van der Waals surface area (Å²) in [7, 11) is 0. The first-order chi connectivity index (χ1) is 13.7. The smallest absolute Gasteiger partial charge is 0.191 e. The summed E-state index contributed by atoms with van der Waals surface area (Å²) in [6.45, 7) is 9.24. The van der Waals surface area contributed by atoms with E-state index in [1.807, 2.05) is 32.2 Å². The Morgan fingerprint density at radius 1 is 1.28 bits per heavy atom. The van der Waals surface area contributed by atoms with Gasteiger partial charge in [-0.05, 0) is 31.5 Å². The maximum absolute atomic E-state index is 13.4. The Hall–Kier alpha value is -1.30. The van der Waals surface area contributed by atoms with E-state index in [1.165, 1.54) is 17.0 Å². The summed E-state index contributed by atoms with van der Waals surface area (Å²) < 4.78 is 18.9. The maximum atomic E-state index is 13.4. The zero-order valence-electron chi connectivity index (χ0n) is 16.9. The zero-order valence-corrected chi connectivity index (χ0v) is 20.0. The first-order valence-corrected chi connectivity index (χ1v) is 10.5. The van der Waals surface area contributed by atoms with Crippen molar-refractivity contribution in [3.63, 3.8) is 0 Å². The number of ether oxygens (including phenoxy) is 1. The molecule has 1 fully saturated rings. The van der Waals surface area contributed by atoms with E-state index < -0.39 is 0 Å². The normalized spacial score (nSPS) is 16.2. The van der Waals surface area contributed by atoms with Gasteiger partial charge in [-0.2, -0.15) is 0 Å². The zero-order chi connectivity index (χ0) is 19.8. The Morgan fingerprint density at radius 2 is 2.00 bits per heavy atom. The monoisotopic (exact) mass is 533 g/mol. The molecule has 2 N–H and O–H groups in total. The van der Waals surface area contributed by atoms with Crippen LogP contribution in [-0.4, -0.2) is 55.2 Å². The number of nitrogens with zero attached hydrogens (tertiary/aromatic N) is 3. The van der Waals surface area contributed by atoms with Gasteiger partial charge in [-0.1, -0.05) is 12.1 Å². The van der Waals surface area contributed by atoms with E-state index in [-0.39, 0.29) is 35.8 Å². The molecule has 0 spiro atoms. The van der Waals surface area contributed by atoms with Crippen LogP contribution in [0.25, 0.3) is 0 Å². The van der Waals surface area contributed by atoms with Crippen LogP contribution in [0.3, 0.4) is 0 Å². The van der Waals surface area contributed by atoms with E-state index in [0.717, 1.165) is 49.4 Å². The van der Waals surface area contributed by atoms with Gasteiger partial charge in [0.1, 0.15) is 10.8 Å². The highest BCUT2D eigenvalue weighted by molar-refractivity contribution is 14.0. The molecule has 0 saturated carbocycles. The van der Waals surface area contributed by atoms with Crippen molar-refractivity contribution in [3.05, 3.63) is 51.7 Å². The number of hydrogen-bond acceptors (Lipinski definition) is 5. The van der Waals surface area contributed by atoms with Crippen LogP contribution >= 0.6 is 35.3 Å². The fourth-order valence-corrected chi connectivity index (χ4v) is 3.90. The van der Waals surface area contributed by atoms with Crippen molar-refractivity contribution in [1.82, 2.24) is 20.5 Å². The third kappa shape index (κ3) is 7.47. The number of hydrogen-bond donors (Lipinski definition) is 2. The van der Waals surface area contributed by atoms with Gasteiger partial charge >= 0.3 is 0 Å².